The summed E-state index contributed by atoms with van der Waals surface area (Å²) < 4.78 is 0. The van der Waals surface area contributed by atoms with Gasteiger partial charge in [0.15, 0.2) is 0 Å². The first-order valence-corrected chi connectivity index (χ1v) is 7.19. The molecule has 5 heteroatoms. The Bertz CT molecular complexity index is 351. The van der Waals surface area contributed by atoms with Crippen molar-refractivity contribution in [1.82, 2.24) is 5.32 Å². The number of rotatable bonds is 5. The zero-order valence-corrected chi connectivity index (χ0v) is 11.3. The second-order valence-electron chi connectivity index (χ2n) is 6.03. The predicted molar refractivity (Wildman–Crippen MR) is 69.4 cm³/mol. The van der Waals surface area contributed by atoms with Gasteiger partial charge in [-0.15, -0.1) is 0 Å². The highest BCUT2D eigenvalue weighted by Gasteiger charge is 2.42. The number of amides is 1. The highest BCUT2D eigenvalue weighted by Crippen LogP contribution is 2.38. The number of carboxylic acid groups (broad SMARTS) is 1. The van der Waals surface area contributed by atoms with Crippen LogP contribution in [0.4, 0.5) is 0 Å². The largest absolute Gasteiger partial charge is 0.481 e. The normalized spacial score (nSPS) is 37.7. The summed E-state index contributed by atoms with van der Waals surface area (Å²) in [7, 11) is 0. The number of hydrogen-bond donors (Lipinski definition) is 3. The Kier molecular flexibility index (Phi) is 4.45. The minimum atomic E-state index is -0.852. The number of carbonyl (C=O) groups is 2. The molecule has 0 aromatic carbocycles. The molecule has 0 heterocycles. The van der Waals surface area contributed by atoms with Gasteiger partial charge in [-0.2, -0.15) is 0 Å². The van der Waals surface area contributed by atoms with E-state index in [2.05, 4.69) is 5.32 Å². The van der Waals surface area contributed by atoms with Crippen molar-refractivity contribution in [2.24, 2.45) is 23.7 Å². The van der Waals surface area contributed by atoms with Gasteiger partial charge in [0.05, 0.1) is 17.9 Å². The molecule has 2 rings (SSSR count). The zero-order valence-electron chi connectivity index (χ0n) is 11.3. The molecule has 0 aromatic heterocycles. The number of aliphatic hydroxyl groups is 1. The summed E-state index contributed by atoms with van der Waals surface area (Å²) in [4.78, 5) is 23.3. The van der Waals surface area contributed by atoms with Gasteiger partial charge in [0.2, 0.25) is 5.91 Å². The van der Waals surface area contributed by atoms with E-state index in [-0.39, 0.29) is 17.9 Å². The molecule has 3 N–H and O–H groups in total. The molecule has 19 heavy (non-hydrogen) atoms. The standard InChI is InChI=1S/C14H23NO4/c1-2-8-5-11(12(6-8)14(18)19)13(17)15-7-9-3-10(16)4-9/h8-12,16H,2-7H2,1H3,(H,15,17)(H,18,19). The van der Waals surface area contributed by atoms with Gasteiger partial charge >= 0.3 is 5.97 Å². The SMILES string of the molecule is CCC1CC(C(=O)O)C(C(=O)NCC2CC(O)C2)C1. The minimum absolute atomic E-state index is 0.121. The van der Waals surface area contributed by atoms with Crippen LogP contribution >= 0.6 is 0 Å². The highest BCUT2D eigenvalue weighted by atomic mass is 16.4. The van der Waals surface area contributed by atoms with Crippen molar-refractivity contribution in [1.29, 1.82) is 0 Å². The van der Waals surface area contributed by atoms with Crippen LogP contribution in [0.25, 0.3) is 0 Å². The van der Waals surface area contributed by atoms with Crippen molar-refractivity contribution in [2.75, 3.05) is 6.54 Å². The molecular weight excluding hydrogens is 246 g/mol. The van der Waals surface area contributed by atoms with Crippen molar-refractivity contribution in [3.63, 3.8) is 0 Å². The second kappa shape index (κ2) is 5.90. The van der Waals surface area contributed by atoms with Crippen molar-refractivity contribution < 1.29 is 19.8 Å². The first-order chi connectivity index (χ1) is 9.01. The molecule has 0 saturated heterocycles. The number of nitrogens with one attached hydrogen (secondary N) is 1. The van der Waals surface area contributed by atoms with E-state index >= 15 is 0 Å². The number of aliphatic hydroxyl groups excluding tert-OH is 1. The van der Waals surface area contributed by atoms with Gasteiger partial charge < -0.3 is 15.5 Å². The third-order valence-corrected chi connectivity index (χ3v) is 4.67. The predicted octanol–water partition coefficient (Wildman–Crippen LogP) is 1.01. The Morgan fingerprint density at radius 3 is 2.26 bits per heavy atom. The van der Waals surface area contributed by atoms with E-state index in [4.69, 9.17) is 0 Å². The van der Waals surface area contributed by atoms with E-state index < -0.39 is 11.9 Å². The molecule has 3 unspecified atom stereocenters. The third kappa shape index (κ3) is 3.26. The van der Waals surface area contributed by atoms with E-state index in [1.165, 1.54) is 0 Å². The Morgan fingerprint density at radius 1 is 1.11 bits per heavy atom. The molecule has 2 aliphatic carbocycles. The van der Waals surface area contributed by atoms with Gasteiger partial charge in [-0.25, -0.2) is 0 Å². The summed E-state index contributed by atoms with van der Waals surface area (Å²) in [5, 5.41) is 21.3. The number of aliphatic carboxylic acids is 1. The molecule has 0 spiro atoms. The maximum absolute atomic E-state index is 12.1. The molecule has 0 bridgehead atoms. The van der Waals surface area contributed by atoms with Crippen molar-refractivity contribution in [2.45, 2.75) is 45.1 Å². The lowest BCUT2D eigenvalue weighted by Gasteiger charge is -2.31. The van der Waals surface area contributed by atoms with Crippen LogP contribution in [0.3, 0.4) is 0 Å². The summed E-state index contributed by atoms with van der Waals surface area (Å²) >= 11 is 0. The Balaban J connectivity index is 1.84. The number of carboxylic acids is 1. The van der Waals surface area contributed by atoms with E-state index in [0.717, 1.165) is 19.3 Å². The van der Waals surface area contributed by atoms with Crippen LogP contribution < -0.4 is 5.32 Å². The average molecular weight is 269 g/mol. The van der Waals surface area contributed by atoms with E-state index in [1.807, 2.05) is 6.92 Å². The minimum Gasteiger partial charge on any atom is -0.481 e. The van der Waals surface area contributed by atoms with E-state index in [1.54, 1.807) is 0 Å². The quantitative estimate of drug-likeness (QED) is 0.695. The second-order valence-corrected chi connectivity index (χ2v) is 6.03. The van der Waals surface area contributed by atoms with Crippen LogP contribution in [-0.2, 0) is 9.59 Å². The fourth-order valence-corrected chi connectivity index (χ4v) is 3.28. The Morgan fingerprint density at radius 2 is 1.74 bits per heavy atom. The van der Waals surface area contributed by atoms with Gasteiger partial charge in [0.25, 0.3) is 0 Å². The lowest BCUT2D eigenvalue weighted by molar-refractivity contribution is -0.146. The van der Waals surface area contributed by atoms with Gasteiger partial charge in [0.1, 0.15) is 0 Å². The van der Waals surface area contributed by atoms with Crippen LogP contribution in [0.1, 0.15) is 39.0 Å². The first kappa shape index (κ1) is 14.3. The van der Waals surface area contributed by atoms with Crippen molar-refractivity contribution >= 4 is 11.9 Å². The zero-order chi connectivity index (χ0) is 14.0. The maximum Gasteiger partial charge on any atom is 0.307 e. The van der Waals surface area contributed by atoms with Crippen LogP contribution in [0.5, 0.6) is 0 Å². The average Bonchev–Trinajstić information content (AvgIpc) is 2.77. The van der Waals surface area contributed by atoms with Gasteiger partial charge in [-0.05, 0) is 37.5 Å². The Hall–Kier alpha value is -1.10. The summed E-state index contributed by atoms with van der Waals surface area (Å²) in [6.07, 6.45) is 3.50. The molecular formula is C14H23NO4. The smallest absolute Gasteiger partial charge is 0.307 e. The fraction of sp³-hybridized carbons (Fsp3) is 0.857. The molecule has 1 amide bonds. The van der Waals surface area contributed by atoms with Crippen molar-refractivity contribution in [3.8, 4) is 0 Å². The monoisotopic (exact) mass is 269 g/mol. The van der Waals surface area contributed by atoms with E-state index in [0.29, 0.717) is 31.2 Å². The molecule has 3 atom stereocenters. The molecule has 0 radical (unpaired) electrons. The van der Waals surface area contributed by atoms with Crippen LogP contribution in [0.15, 0.2) is 0 Å². The maximum atomic E-state index is 12.1. The summed E-state index contributed by atoms with van der Waals surface area (Å²) in [5.74, 6) is -1.18. The van der Waals surface area contributed by atoms with Gasteiger partial charge in [-0.3, -0.25) is 9.59 Å². The topological polar surface area (TPSA) is 86.6 Å². The van der Waals surface area contributed by atoms with Crippen LogP contribution in [0.2, 0.25) is 0 Å². The highest BCUT2D eigenvalue weighted by molar-refractivity contribution is 5.85. The molecule has 108 valence electrons. The van der Waals surface area contributed by atoms with Crippen LogP contribution in [-0.4, -0.2) is 34.7 Å². The molecule has 2 saturated carbocycles. The summed E-state index contributed by atoms with van der Waals surface area (Å²) in [5.41, 5.74) is 0. The molecule has 2 fully saturated rings. The van der Waals surface area contributed by atoms with E-state index in [9.17, 15) is 19.8 Å². The third-order valence-electron chi connectivity index (χ3n) is 4.67. The lowest BCUT2D eigenvalue weighted by atomic mass is 9.82. The molecule has 5 nitrogen and oxygen atoms in total. The van der Waals surface area contributed by atoms with Crippen molar-refractivity contribution in [3.05, 3.63) is 0 Å². The molecule has 0 aromatic rings. The first-order valence-electron chi connectivity index (χ1n) is 7.19. The van der Waals surface area contributed by atoms with Gasteiger partial charge in [-0.1, -0.05) is 13.3 Å². The van der Waals surface area contributed by atoms with Gasteiger partial charge in [0, 0.05) is 6.54 Å². The number of hydrogen-bond acceptors (Lipinski definition) is 3. The summed E-state index contributed by atoms with van der Waals surface area (Å²) in [6, 6.07) is 0. The lowest BCUT2D eigenvalue weighted by Crippen LogP contribution is -2.42. The number of carbonyl (C=O) groups excluding carboxylic acids is 1. The molecule has 2 aliphatic rings. The molecule has 0 aliphatic heterocycles. The Labute approximate surface area is 113 Å². The summed E-state index contributed by atoms with van der Waals surface area (Å²) in [6.45, 7) is 2.61. The van der Waals surface area contributed by atoms with Crippen LogP contribution in [0, 0.1) is 23.7 Å². The fourth-order valence-electron chi connectivity index (χ4n) is 3.28.